The molecule has 1 amide bonds. The van der Waals surface area contributed by atoms with Crippen molar-refractivity contribution in [2.24, 2.45) is 0 Å². The number of nitrogens with zero attached hydrogens (tertiary/aromatic N) is 3. The number of nitrogens with one attached hydrogen (secondary N) is 1. The minimum absolute atomic E-state index is 0.0373. The van der Waals surface area contributed by atoms with Crippen LogP contribution >= 0.6 is 0 Å². The summed E-state index contributed by atoms with van der Waals surface area (Å²) in [7, 11) is 1.44. The molecule has 1 aromatic heterocycles. The van der Waals surface area contributed by atoms with Gasteiger partial charge in [0.1, 0.15) is 5.75 Å². The topological polar surface area (TPSA) is 137 Å². The summed E-state index contributed by atoms with van der Waals surface area (Å²) in [6.07, 6.45) is 1.66. The molecule has 4 aromatic rings. The van der Waals surface area contributed by atoms with E-state index >= 15 is 0 Å². The fourth-order valence-electron chi connectivity index (χ4n) is 3.40. The van der Waals surface area contributed by atoms with Gasteiger partial charge in [0, 0.05) is 17.1 Å². The number of rotatable bonds is 5. The number of aryl methyl sites for hydroxylation is 1. The molecule has 3 aromatic carbocycles. The molecule has 0 saturated heterocycles. The van der Waals surface area contributed by atoms with E-state index < -0.39 is 5.91 Å². The highest BCUT2D eigenvalue weighted by atomic mass is 16.8. The summed E-state index contributed by atoms with van der Waals surface area (Å²) < 4.78 is 5.24. The maximum atomic E-state index is 13.0. The zero-order chi connectivity index (χ0) is 22.8. The lowest BCUT2D eigenvalue weighted by molar-refractivity contribution is 0.102. The average Bonchev–Trinajstić information content (AvgIpc) is 2.78. The highest BCUT2D eigenvalue weighted by Gasteiger charge is 2.14. The Labute approximate surface area is 183 Å². The number of ether oxygens (including phenoxy) is 1. The van der Waals surface area contributed by atoms with E-state index in [0.717, 1.165) is 27.6 Å². The normalized spacial score (nSPS) is 10.8. The smallest absolute Gasteiger partial charge is 0.255 e. The lowest BCUT2D eigenvalue weighted by Gasteiger charge is -2.23. The molecule has 9 heteroatoms. The van der Waals surface area contributed by atoms with Crippen LogP contribution in [0.15, 0.2) is 60.8 Å². The van der Waals surface area contributed by atoms with Crippen LogP contribution < -0.4 is 21.0 Å². The van der Waals surface area contributed by atoms with E-state index in [9.17, 15) is 10.0 Å². The van der Waals surface area contributed by atoms with Crippen LogP contribution in [-0.2, 0) is 0 Å². The van der Waals surface area contributed by atoms with E-state index in [2.05, 4.69) is 15.3 Å². The molecule has 1 heterocycles. The van der Waals surface area contributed by atoms with E-state index in [4.69, 9.17) is 15.7 Å². The van der Waals surface area contributed by atoms with Gasteiger partial charge in [0.2, 0.25) is 5.95 Å². The van der Waals surface area contributed by atoms with Crippen molar-refractivity contribution >= 4 is 34.1 Å². The summed E-state index contributed by atoms with van der Waals surface area (Å²) in [5.74, 6) is 0.167. The Bertz CT molecular complexity index is 1320. The number of amides is 1. The Morgan fingerprint density at radius 1 is 1.16 bits per heavy atom. The van der Waals surface area contributed by atoms with Crippen molar-refractivity contribution in [2.45, 2.75) is 6.92 Å². The number of carbonyl (C=O) groups is 1. The Morgan fingerprint density at radius 2 is 1.97 bits per heavy atom. The van der Waals surface area contributed by atoms with Crippen molar-refractivity contribution in [2.75, 3.05) is 23.4 Å². The van der Waals surface area contributed by atoms with E-state index in [1.165, 1.54) is 25.3 Å². The Morgan fingerprint density at radius 3 is 2.72 bits per heavy atom. The molecular formula is C23H20N5O4-. The molecular weight excluding hydrogens is 410 g/mol. The number of aromatic nitrogens is 2. The van der Waals surface area contributed by atoms with E-state index in [-0.39, 0.29) is 22.5 Å². The van der Waals surface area contributed by atoms with Crippen LogP contribution in [0.4, 0.5) is 17.3 Å². The van der Waals surface area contributed by atoms with Crippen molar-refractivity contribution in [3.63, 3.8) is 0 Å². The highest BCUT2D eigenvalue weighted by molar-refractivity contribution is 6.06. The predicted molar refractivity (Wildman–Crippen MR) is 123 cm³/mol. The first-order chi connectivity index (χ1) is 15.4. The number of fused-ring (bicyclic) bond motifs is 1. The summed E-state index contributed by atoms with van der Waals surface area (Å²) in [4.78, 5) is 21.2. The van der Waals surface area contributed by atoms with Crippen molar-refractivity contribution in [3.8, 4) is 16.9 Å². The summed E-state index contributed by atoms with van der Waals surface area (Å²) >= 11 is 0. The van der Waals surface area contributed by atoms with E-state index in [1.807, 2.05) is 31.2 Å². The maximum absolute atomic E-state index is 13.0. The van der Waals surface area contributed by atoms with Crippen LogP contribution in [0.25, 0.3) is 22.0 Å². The molecule has 0 atom stereocenters. The van der Waals surface area contributed by atoms with Gasteiger partial charge in [-0.3, -0.25) is 10.0 Å². The predicted octanol–water partition coefficient (Wildman–Crippen LogP) is 4.14. The molecule has 162 valence electrons. The van der Waals surface area contributed by atoms with Crippen LogP contribution in [0.3, 0.4) is 0 Å². The standard InChI is InChI=1S/C23H20N5O4/c1-13-3-4-15(22(29)26-20-11-17(28(30)31)6-8-21(20)32-2)10-18(13)14-5-7-19-16(9-14)12-25-23(24)27-19/h3-12,30H,1-2H3,(H,26,29)(H2,24,25,27)/q-1. The van der Waals surface area contributed by atoms with Crippen LogP contribution in [-0.4, -0.2) is 28.2 Å². The van der Waals surface area contributed by atoms with Crippen LogP contribution in [0.1, 0.15) is 15.9 Å². The van der Waals surface area contributed by atoms with Crippen molar-refractivity contribution < 1.29 is 14.7 Å². The number of hydrogen-bond donors (Lipinski definition) is 3. The molecule has 0 spiro atoms. The third kappa shape index (κ3) is 4.15. The fraction of sp³-hybridized carbons (Fsp3) is 0.0870. The Kier molecular flexibility index (Phi) is 5.59. The maximum Gasteiger partial charge on any atom is 0.255 e. The second kappa shape index (κ2) is 8.50. The number of nitrogen functional groups attached to an aromatic ring is 1. The second-order valence-electron chi connectivity index (χ2n) is 7.14. The van der Waals surface area contributed by atoms with Crippen LogP contribution in [0.5, 0.6) is 5.75 Å². The third-order valence-corrected chi connectivity index (χ3v) is 5.06. The number of anilines is 3. The van der Waals surface area contributed by atoms with Gasteiger partial charge in [-0.05, 0) is 66.1 Å². The number of nitrogens with two attached hydrogens (primary N) is 1. The second-order valence-corrected chi connectivity index (χ2v) is 7.14. The number of hydrogen-bond acceptors (Lipinski definition) is 8. The van der Waals surface area contributed by atoms with Crippen LogP contribution in [0, 0.1) is 12.1 Å². The lowest BCUT2D eigenvalue weighted by Crippen LogP contribution is -2.14. The summed E-state index contributed by atoms with van der Waals surface area (Å²) in [5, 5.41) is 23.6. The SMILES string of the molecule is COc1ccc(N([O-])O)cc1NC(=O)c1ccc(C)c(-c2ccc3nc(N)ncc3c2)c1. The fourth-order valence-corrected chi connectivity index (χ4v) is 3.40. The third-order valence-electron chi connectivity index (χ3n) is 5.06. The van der Waals surface area contributed by atoms with Gasteiger partial charge in [-0.1, -0.05) is 12.1 Å². The molecule has 9 nitrogen and oxygen atoms in total. The number of carbonyl (C=O) groups excluding carboxylic acids is 1. The van der Waals surface area contributed by atoms with Gasteiger partial charge < -0.3 is 26.2 Å². The first-order valence-electron chi connectivity index (χ1n) is 9.64. The van der Waals surface area contributed by atoms with Gasteiger partial charge >= 0.3 is 0 Å². The molecule has 0 aliphatic heterocycles. The molecule has 0 aliphatic rings. The van der Waals surface area contributed by atoms with Gasteiger partial charge in [-0.15, -0.1) is 0 Å². The zero-order valence-corrected chi connectivity index (χ0v) is 17.4. The molecule has 4 rings (SSSR count). The van der Waals surface area contributed by atoms with E-state index in [0.29, 0.717) is 11.3 Å². The van der Waals surface area contributed by atoms with Crippen molar-refractivity contribution in [3.05, 3.63) is 77.1 Å². The summed E-state index contributed by atoms with van der Waals surface area (Å²) in [5.41, 5.74) is 9.78. The van der Waals surface area contributed by atoms with Crippen LogP contribution in [0.2, 0.25) is 0 Å². The molecule has 0 unspecified atom stereocenters. The van der Waals surface area contributed by atoms with Gasteiger partial charge in [-0.25, -0.2) is 9.97 Å². The quantitative estimate of drug-likeness (QED) is 0.402. The highest BCUT2D eigenvalue weighted by Crippen LogP contribution is 2.31. The largest absolute Gasteiger partial charge is 0.733 e. The first kappa shape index (κ1) is 21.0. The lowest BCUT2D eigenvalue weighted by atomic mass is 9.97. The van der Waals surface area contributed by atoms with E-state index in [1.54, 1.807) is 18.3 Å². The Balaban J connectivity index is 1.68. The molecule has 0 bridgehead atoms. The average molecular weight is 430 g/mol. The minimum atomic E-state index is -0.394. The summed E-state index contributed by atoms with van der Waals surface area (Å²) in [6, 6.07) is 15.2. The monoisotopic (exact) mass is 430 g/mol. The van der Waals surface area contributed by atoms with Gasteiger partial charge in [-0.2, -0.15) is 0 Å². The number of benzene rings is 3. The zero-order valence-electron chi connectivity index (χ0n) is 17.4. The molecule has 4 N–H and O–H groups in total. The Hall–Kier alpha value is -4.21. The molecule has 32 heavy (non-hydrogen) atoms. The summed E-state index contributed by atoms with van der Waals surface area (Å²) in [6.45, 7) is 1.96. The van der Waals surface area contributed by atoms with Gasteiger partial charge in [0.25, 0.3) is 5.91 Å². The van der Waals surface area contributed by atoms with Gasteiger partial charge in [0.15, 0.2) is 0 Å². The van der Waals surface area contributed by atoms with Gasteiger partial charge in [0.05, 0.1) is 24.0 Å². The molecule has 0 aliphatic carbocycles. The molecule has 0 saturated carbocycles. The minimum Gasteiger partial charge on any atom is -0.733 e. The van der Waals surface area contributed by atoms with Crippen molar-refractivity contribution in [1.29, 1.82) is 0 Å². The first-order valence-corrected chi connectivity index (χ1v) is 9.64. The molecule has 0 radical (unpaired) electrons. The van der Waals surface area contributed by atoms with Crippen molar-refractivity contribution in [1.82, 2.24) is 9.97 Å². The molecule has 0 fully saturated rings. The number of methoxy groups -OCH3 is 1.